The molecule has 0 N–H and O–H groups in total. The lowest BCUT2D eigenvalue weighted by Gasteiger charge is -2.18. The molecule has 0 aromatic heterocycles. The Morgan fingerprint density at radius 3 is 2.94 bits per heavy atom. The number of halogens is 1. The highest BCUT2D eigenvalue weighted by molar-refractivity contribution is 9.10. The minimum atomic E-state index is -0.143. The third-order valence-electron chi connectivity index (χ3n) is 2.83. The zero-order valence-electron chi connectivity index (χ0n) is 8.73. The van der Waals surface area contributed by atoms with E-state index < -0.39 is 0 Å². The highest BCUT2D eigenvalue weighted by atomic mass is 79.9. The number of rotatable bonds is 3. The van der Waals surface area contributed by atoms with Crippen LogP contribution in [0.4, 0.5) is 0 Å². The minimum absolute atomic E-state index is 0.143. The number of hydrogen-bond donors (Lipinski definition) is 0. The topological polar surface area (TPSA) is 38.7 Å². The summed E-state index contributed by atoms with van der Waals surface area (Å²) in [4.78, 5) is 14.4. The average molecular weight is 282 g/mol. The van der Waals surface area contributed by atoms with Gasteiger partial charge in [0.25, 0.3) is 0 Å². The largest absolute Gasteiger partial charge is 0.381 e. The molecule has 2 rings (SSSR count). The Labute approximate surface area is 103 Å². The molecule has 1 aromatic rings. The van der Waals surface area contributed by atoms with Crippen LogP contribution in [0, 0.1) is 5.92 Å². The SMILES string of the molecule is O=C=NC(c1ccccc1Br)C1CCOC1. The molecule has 0 radical (unpaired) electrons. The molecule has 1 aliphatic heterocycles. The van der Waals surface area contributed by atoms with Gasteiger partial charge in [-0.15, -0.1) is 0 Å². The lowest BCUT2D eigenvalue weighted by Crippen LogP contribution is -2.11. The van der Waals surface area contributed by atoms with Crippen LogP contribution in [0.2, 0.25) is 0 Å². The Morgan fingerprint density at radius 2 is 2.31 bits per heavy atom. The summed E-state index contributed by atoms with van der Waals surface area (Å²) in [5.41, 5.74) is 1.03. The lowest BCUT2D eigenvalue weighted by molar-refractivity contribution is 0.181. The van der Waals surface area contributed by atoms with Crippen LogP contribution in [0.5, 0.6) is 0 Å². The smallest absolute Gasteiger partial charge is 0.235 e. The van der Waals surface area contributed by atoms with Crippen molar-refractivity contribution in [1.29, 1.82) is 0 Å². The fraction of sp³-hybridized carbons (Fsp3) is 0.417. The van der Waals surface area contributed by atoms with Crippen LogP contribution in [-0.2, 0) is 9.53 Å². The molecule has 0 saturated carbocycles. The Bertz CT molecular complexity index is 409. The van der Waals surface area contributed by atoms with Gasteiger partial charge in [0, 0.05) is 17.0 Å². The van der Waals surface area contributed by atoms with E-state index in [2.05, 4.69) is 20.9 Å². The average Bonchev–Trinajstić information content (AvgIpc) is 2.80. The number of aliphatic imine (C=N–C) groups is 1. The van der Waals surface area contributed by atoms with E-state index in [-0.39, 0.29) is 12.0 Å². The molecule has 16 heavy (non-hydrogen) atoms. The molecule has 84 valence electrons. The molecule has 0 bridgehead atoms. The van der Waals surface area contributed by atoms with E-state index in [4.69, 9.17) is 4.74 Å². The zero-order valence-corrected chi connectivity index (χ0v) is 10.3. The molecule has 0 aliphatic carbocycles. The van der Waals surface area contributed by atoms with E-state index in [9.17, 15) is 4.79 Å². The maximum Gasteiger partial charge on any atom is 0.235 e. The van der Waals surface area contributed by atoms with E-state index in [1.54, 1.807) is 6.08 Å². The van der Waals surface area contributed by atoms with Gasteiger partial charge >= 0.3 is 0 Å². The van der Waals surface area contributed by atoms with Gasteiger partial charge in [-0.25, -0.2) is 4.79 Å². The van der Waals surface area contributed by atoms with Gasteiger partial charge in [-0.3, -0.25) is 0 Å². The van der Waals surface area contributed by atoms with E-state index in [0.29, 0.717) is 6.61 Å². The van der Waals surface area contributed by atoms with Gasteiger partial charge in [0.2, 0.25) is 6.08 Å². The van der Waals surface area contributed by atoms with Crippen LogP contribution in [0.3, 0.4) is 0 Å². The molecule has 1 aliphatic rings. The summed E-state index contributed by atoms with van der Waals surface area (Å²) < 4.78 is 6.32. The minimum Gasteiger partial charge on any atom is -0.381 e. The Hall–Kier alpha value is -0.960. The molecule has 0 amide bonds. The van der Waals surface area contributed by atoms with Crippen LogP contribution in [0.25, 0.3) is 0 Å². The van der Waals surface area contributed by atoms with Crippen molar-refractivity contribution in [1.82, 2.24) is 0 Å². The number of ether oxygens (including phenoxy) is 1. The van der Waals surface area contributed by atoms with E-state index in [1.807, 2.05) is 24.3 Å². The summed E-state index contributed by atoms with van der Waals surface area (Å²) >= 11 is 3.48. The van der Waals surface area contributed by atoms with Gasteiger partial charge in [0.05, 0.1) is 12.6 Å². The summed E-state index contributed by atoms with van der Waals surface area (Å²) in [6.07, 6.45) is 2.61. The van der Waals surface area contributed by atoms with Crippen molar-refractivity contribution in [3.05, 3.63) is 34.3 Å². The molecule has 1 aromatic carbocycles. The maximum atomic E-state index is 10.5. The Balaban J connectivity index is 2.31. The molecule has 2 atom stereocenters. The Kier molecular flexibility index (Phi) is 3.88. The lowest BCUT2D eigenvalue weighted by atomic mass is 9.93. The van der Waals surface area contributed by atoms with E-state index in [1.165, 1.54) is 0 Å². The summed E-state index contributed by atoms with van der Waals surface area (Å²) in [6.45, 7) is 1.41. The van der Waals surface area contributed by atoms with Crippen LogP contribution in [0.15, 0.2) is 33.7 Å². The quantitative estimate of drug-likeness (QED) is 0.631. The van der Waals surface area contributed by atoms with Gasteiger partial charge in [-0.05, 0) is 18.1 Å². The summed E-state index contributed by atoms with van der Waals surface area (Å²) in [6, 6.07) is 7.69. The standard InChI is InChI=1S/C12H12BrNO2/c13-11-4-2-1-3-10(11)12(14-8-15)9-5-6-16-7-9/h1-4,9,12H,5-7H2. The summed E-state index contributed by atoms with van der Waals surface area (Å²) in [5, 5.41) is 0. The van der Waals surface area contributed by atoms with Crippen molar-refractivity contribution in [3.63, 3.8) is 0 Å². The summed E-state index contributed by atoms with van der Waals surface area (Å²) in [5.74, 6) is 0.278. The highest BCUT2D eigenvalue weighted by Gasteiger charge is 2.28. The molecule has 2 unspecified atom stereocenters. The summed E-state index contributed by atoms with van der Waals surface area (Å²) in [7, 11) is 0. The van der Waals surface area contributed by atoms with Gasteiger partial charge in [-0.1, -0.05) is 34.1 Å². The van der Waals surface area contributed by atoms with E-state index in [0.717, 1.165) is 23.1 Å². The van der Waals surface area contributed by atoms with Crippen LogP contribution >= 0.6 is 15.9 Å². The predicted octanol–water partition coefficient (Wildman–Crippen LogP) is 2.86. The number of nitrogens with zero attached hydrogens (tertiary/aromatic N) is 1. The van der Waals surface area contributed by atoms with Crippen molar-refractivity contribution in [2.45, 2.75) is 12.5 Å². The number of isocyanates is 1. The second-order valence-electron chi connectivity index (χ2n) is 3.81. The molecule has 1 heterocycles. The van der Waals surface area contributed by atoms with Crippen LogP contribution in [-0.4, -0.2) is 19.3 Å². The van der Waals surface area contributed by atoms with Gasteiger partial charge in [-0.2, -0.15) is 4.99 Å². The first-order valence-corrected chi connectivity index (χ1v) is 6.01. The fourth-order valence-electron chi connectivity index (χ4n) is 2.00. The van der Waals surface area contributed by atoms with Gasteiger partial charge in [0.15, 0.2) is 0 Å². The molecular weight excluding hydrogens is 270 g/mol. The van der Waals surface area contributed by atoms with Gasteiger partial charge in [0.1, 0.15) is 0 Å². The predicted molar refractivity (Wildman–Crippen MR) is 63.9 cm³/mol. The Morgan fingerprint density at radius 1 is 1.50 bits per heavy atom. The first-order chi connectivity index (χ1) is 7.83. The van der Waals surface area contributed by atoms with Gasteiger partial charge < -0.3 is 4.74 Å². The van der Waals surface area contributed by atoms with Crippen molar-refractivity contribution in [3.8, 4) is 0 Å². The molecule has 4 heteroatoms. The van der Waals surface area contributed by atoms with Crippen LogP contribution in [0.1, 0.15) is 18.0 Å². The fourth-order valence-corrected chi connectivity index (χ4v) is 2.52. The molecule has 1 fully saturated rings. The number of benzene rings is 1. The number of hydrogen-bond acceptors (Lipinski definition) is 3. The molecule has 0 spiro atoms. The van der Waals surface area contributed by atoms with Crippen molar-refractivity contribution >= 4 is 22.0 Å². The van der Waals surface area contributed by atoms with E-state index >= 15 is 0 Å². The molecule has 3 nitrogen and oxygen atoms in total. The van der Waals surface area contributed by atoms with Crippen LogP contribution < -0.4 is 0 Å². The zero-order chi connectivity index (χ0) is 11.4. The second kappa shape index (κ2) is 5.39. The highest BCUT2D eigenvalue weighted by Crippen LogP contribution is 2.35. The maximum absolute atomic E-state index is 10.5. The first kappa shape index (κ1) is 11.5. The first-order valence-electron chi connectivity index (χ1n) is 5.22. The normalized spacial score (nSPS) is 21.4. The third kappa shape index (κ3) is 2.40. The third-order valence-corrected chi connectivity index (χ3v) is 3.55. The van der Waals surface area contributed by atoms with Crippen molar-refractivity contribution < 1.29 is 9.53 Å². The monoisotopic (exact) mass is 281 g/mol. The second-order valence-corrected chi connectivity index (χ2v) is 4.66. The molecule has 1 saturated heterocycles. The number of carbonyl (C=O) groups excluding carboxylic acids is 1. The molecular formula is C12H12BrNO2. The van der Waals surface area contributed by atoms with Crippen molar-refractivity contribution in [2.75, 3.05) is 13.2 Å². The van der Waals surface area contributed by atoms with Crippen molar-refractivity contribution in [2.24, 2.45) is 10.9 Å².